The second-order valence-corrected chi connectivity index (χ2v) is 4.54. The molecule has 1 atom stereocenters. The first-order chi connectivity index (χ1) is 8.58. The molecule has 0 saturated carbocycles. The van der Waals surface area contributed by atoms with Gasteiger partial charge in [0.05, 0.1) is 12.3 Å². The molecule has 1 rings (SSSR count). The second kappa shape index (κ2) is 6.89. The summed E-state index contributed by atoms with van der Waals surface area (Å²) in [7, 11) is 1.60. The van der Waals surface area contributed by atoms with Gasteiger partial charge in [0.1, 0.15) is 5.75 Å². The van der Waals surface area contributed by atoms with Gasteiger partial charge in [-0.3, -0.25) is 4.79 Å². The molecular weight excluding hydrogens is 228 g/mol. The van der Waals surface area contributed by atoms with Crippen molar-refractivity contribution in [1.29, 1.82) is 0 Å². The van der Waals surface area contributed by atoms with Crippen molar-refractivity contribution >= 4 is 11.6 Å². The molecule has 1 amide bonds. The Morgan fingerprint density at radius 1 is 1.50 bits per heavy atom. The summed E-state index contributed by atoms with van der Waals surface area (Å²) >= 11 is 0. The van der Waals surface area contributed by atoms with E-state index in [4.69, 9.17) is 10.5 Å². The number of nitrogens with one attached hydrogen (secondary N) is 1. The molecule has 0 aliphatic heterocycles. The van der Waals surface area contributed by atoms with Crippen LogP contribution in [0.4, 0.5) is 5.69 Å². The van der Waals surface area contributed by atoms with Gasteiger partial charge in [-0.05, 0) is 30.5 Å². The lowest BCUT2D eigenvalue weighted by molar-refractivity contribution is 0.0962. The maximum atomic E-state index is 11.5. The zero-order valence-electron chi connectivity index (χ0n) is 11.3. The lowest BCUT2D eigenvalue weighted by atomic mass is 10.1. The molecular formula is C14H22N2O2. The highest BCUT2D eigenvalue weighted by molar-refractivity contribution is 5.95. The van der Waals surface area contributed by atoms with Crippen molar-refractivity contribution in [3.63, 3.8) is 0 Å². The first-order valence-corrected chi connectivity index (χ1v) is 6.32. The Labute approximate surface area is 109 Å². The fraction of sp³-hybridized carbons (Fsp3) is 0.500. The van der Waals surface area contributed by atoms with Gasteiger partial charge in [0.15, 0.2) is 0 Å². The zero-order valence-corrected chi connectivity index (χ0v) is 11.3. The number of benzene rings is 1. The van der Waals surface area contributed by atoms with Crippen LogP contribution in [0, 0.1) is 5.92 Å². The van der Waals surface area contributed by atoms with Crippen molar-refractivity contribution in [1.82, 2.24) is 5.32 Å². The van der Waals surface area contributed by atoms with Crippen LogP contribution in [0.1, 0.15) is 37.0 Å². The van der Waals surface area contributed by atoms with E-state index in [-0.39, 0.29) is 5.91 Å². The Balaban J connectivity index is 2.72. The van der Waals surface area contributed by atoms with Gasteiger partial charge >= 0.3 is 0 Å². The molecule has 1 aromatic carbocycles. The van der Waals surface area contributed by atoms with Crippen LogP contribution in [0.5, 0.6) is 5.75 Å². The number of anilines is 1. The second-order valence-electron chi connectivity index (χ2n) is 4.54. The number of carbonyl (C=O) groups is 1. The zero-order chi connectivity index (χ0) is 13.5. The van der Waals surface area contributed by atoms with Crippen molar-refractivity contribution in [2.75, 3.05) is 19.4 Å². The standard InChI is InChI=1S/C14H22N2O2/c1-4-5-10(2)9-18-13-8-11(14(17)16-3)6-7-12(13)15/h6-8,10H,4-5,9,15H2,1-3H3,(H,16,17). The summed E-state index contributed by atoms with van der Waals surface area (Å²) in [6, 6.07) is 5.08. The monoisotopic (exact) mass is 250 g/mol. The molecule has 4 nitrogen and oxygen atoms in total. The van der Waals surface area contributed by atoms with Crippen LogP contribution < -0.4 is 15.8 Å². The van der Waals surface area contributed by atoms with E-state index < -0.39 is 0 Å². The van der Waals surface area contributed by atoms with Gasteiger partial charge in [-0.1, -0.05) is 20.3 Å². The van der Waals surface area contributed by atoms with E-state index in [1.807, 2.05) is 0 Å². The highest BCUT2D eigenvalue weighted by atomic mass is 16.5. The lowest BCUT2D eigenvalue weighted by Crippen LogP contribution is -2.18. The van der Waals surface area contributed by atoms with Crippen LogP contribution in [0.3, 0.4) is 0 Å². The number of ether oxygens (including phenoxy) is 1. The van der Waals surface area contributed by atoms with Crippen LogP contribution >= 0.6 is 0 Å². The van der Waals surface area contributed by atoms with Crippen LogP contribution in [-0.2, 0) is 0 Å². The third-order valence-electron chi connectivity index (χ3n) is 2.81. The van der Waals surface area contributed by atoms with Gasteiger partial charge in [0, 0.05) is 12.6 Å². The van der Waals surface area contributed by atoms with Crippen LogP contribution in [0.2, 0.25) is 0 Å². The number of nitrogens with two attached hydrogens (primary N) is 1. The summed E-state index contributed by atoms with van der Waals surface area (Å²) in [5.41, 5.74) is 6.96. The number of nitrogen functional groups attached to an aromatic ring is 1. The smallest absolute Gasteiger partial charge is 0.251 e. The third-order valence-corrected chi connectivity index (χ3v) is 2.81. The normalized spacial score (nSPS) is 11.9. The molecule has 0 heterocycles. The molecule has 1 aromatic rings. The topological polar surface area (TPSA) is 64.3 Å². The summed E-state index contributed by atoms with van der Waals surface area (Å²) in [5, 5.41) is 2.58. The Morgan fingerprint density at radius 3 is 2.83 bits per heavy atom. The van der Waals surface area contributed by atoms with Gasteiger partial charge < -0.3 is 15.8 Å². The molecule has 0 aliphatic carbocycles. The average Bonchev–Trinajstić information content (AvgIpc) is 2.37. The van der Waals surface area contributed by atoms with Crippen molar-refractivity contribution in [3.8, 4) is 5.75 Å². The van der Waals surface area contributed by atoms with Crippen LogP contribution in [0.15, 0.2) is 18.2 Å². The molecule has 0 bridgehead atoms. The van der Waals surface area contributed by atoms with Gasteiger partial charge in [0.25, 0.3) is 5.91 Å². The maximum Gasteiger partial charge on any atom is 0.251 e. The van der Waals surface area contributed by atoms with Crippen molar-refractivity contribution < 1.29 is 9.53 Å². The predicted octanol–water partition coefficient (Wildman–Crippen LogP) is 2.44. The molecule has 100 valence electrons. The van der Waals surface area contributed by atoms with Crippen LogP contribution in [0.25, 0.3) is 0 Å². The largest absolute Gasteiger partial charge is 0.491 e. The molecule has 0 fully saturated rings. The average molecular weight is 250 g/mol. The van der Waals surface area contributed by atoms with E-state index >= 15 is 0 Å². The molecule has 3 N–H and O–H groups in total. The fourth-order valence-electron chi connectivity index (χ4n) is 1.75. The minimum absolute atomic E-state index is 0.138. The van der Waals surface area contributed by atoms with Crippen molar-refractivity contribution in [3.05, 3.63) is 23.8 Å². The maximum absolute atomic E-state index is 11.5. The summed E-state index contributed by atoms with van der Waals surface area (Å²) in [6.07, 6.45) is 2.26. The minimum Gasteiger partial charge on any atom is -0.491 e. The Hall–Kier alpha value is -1.71. The van der Waals surface area contributed by atoms with Gasteiger partial charge in [-0.2, -0.15) is 0 Å². The molecule has 0 spiro atoms. The number of hydrogen-bond acceptors (Lipinski definition) is 3. The SMILES string of the molecule is CCCC(C)COc1cc(C(=O)NC)ccc1N. The number of hydrogen-bond donors (Lipinski definition) is 2. The first-order valence-electron chi connectivity index (χ1n) is 6.32. The van der Waals surface area contributed by atoms with E-state index in [1.165, 1.54) is 0 Å². The van der Waals surface area contributed by atoms with Gasteiger partial charge in [-0.25, -0.2) is 0 Å². The van der Waals surface area contributed by atoms with E-state index in [0.717, 1.165) is 12.8 Å². The predicted molar refractivity (Wildman–Crippen MR) is 73.8 cm³/mol. The Bertz CT molecular complexity index is 405. The lowest BCUT2D eigenvalue weighted by Gasteiger charge is -2.14. The van der Waals surface area contributed by atoms with Crippen molar-refractivity contribution in [2.45, 2.75) is 26.7 Å². The van der Waals surface area contributed by atoms with E-state index in [0.29, 0.717) is 29.5 Å². The van der Waals surface area contributed by atoms with E-state index in [2.05, 4.69) is 19.2 Å². The molecule has 0 saturated heterocycles. The van der Waals surface area contributed by atoms with Crippen LogP contribution in [-0.4, -0.2) is 19.6 Å². The number of carbonyl (C=O) groups excluding carboxylic acids is 1. The molecule has 1 unspecified atom stereocenters. The molecule has 0 radical (unpaired) electrons. The summed E-state index contributed by atoms with van der Waals surface area (Å²) in [6.45, 7) is 4.91. The van der Waals surface area contributed by atoms with E-state index in [1.54, 1.807) is 25.2 Å². The van der Waals surface area contributed by atoms with Gasteiger partial charge in [-0.15, -0.1) is 0 Å². The minimum atomic E-state index is -0.138. The Kier molecular flexibility index (Phi) is 5.49. The highest BCUT2D eigenvalue weighted by Gasteiger charge is 2.09. The van der Waals surface area contributed by atoms with Gasteiger partial charge in [0.2, 0.25) is 0 Å². The number of rotatable bonds is 6. The Morgan fingerprint density at radius 2 is 2.22 bits per heavy atom. The summed E-state index contributed by atoms with van der Waals surface area (Å²) < 4.78 is 5.68. The van der Waals surface area contributed by atoms with E-state index in [9.17, 15) is 4.79 Å². The summed E-state index contributed by atoms with van der Waals surface area (Å²) in [4.78, 5) is 11.5. The molecule has 4 heteroatoms. The molecule has 18 heavy (non-hydrogen) atoms. The summed E-state index contributed by atoms with van der Waals surface area (Å²) in [5.74, 6) is 0.929. The quantitative estimate of drug-likeness (QED) is 0.762. The molecule has 0 aromatic heterocycles. The van der Waals surface area contributed by atoms with Crippen molar-refractivity contribution in [2.24, 2.45) is 5.92 Å². The molecule has 0 aliphatic rings. The third kappa shape index (κ3) is 3.95. The number of amides is 1. The first kappa shape index (κ1) is 14.4. The highest BCUT2D eigenvalue weighted by Crippen LogP contribution is 2.23. The fourth-order valence-corrected chi connectivity index (χ4v) is 1.75.